The quantitative estimate of drug-likeness (QED) is 0.0288. The number of carbonyl (C=O) groups excluding carboxylic acids is 1. The maximum Gasteiger partial charge on any atom is 0.220 e. The predicted molar refractivity (Wildman–Crippen MR) is 287 cm³/mol. The van der Waals surface area contributed by atoms with E-state index in [9.17, 15) is 25.2 Å². The average molecular weight is 1020 g/mol. The zero-order valence-electron chi connectivity index (χ0n) is 44.6. The predicted octanol–water partition coefficient (Wildman–Crippen LogP) is 10.6. The Morgan fingerprint density at radius 3 is 1.41 bits per heavy atom. The Morgan fingerprint density at radius 1 is 0.514 bits per heavy atom. The summed E-state index contributed by atoms with van der Waals surface area (Å²) in [5.41, 5.74) is -0.849. The van der Waals surface area contributed by atoms with E-state index in [1.807, 2.05) is 0 Å². The Bertz CT molecular complexity index is 1150. The van der Waals surface area contributed by atoms with Crippen molar-refractivity contribution in [3.63, 3.8) is 0 Å². The van der Waals surface area contributed by atoms with Crippen molar-refractivity contribution < 1.29 is 58.4 Å². The lowest BCUT2D eigenvalue weighted by Gasteiger charge is -2.39. The van der Waals surface area contributed by atoms with Crippen molar-refractivity contribution in [3.05, 3.63) is 24.3 Å². The largest absolute Gasteiger partial charge is 0.394 e. The summed E-state index contributed by atoms with van der Waals surface area (Å²) in [7, 11) is 0. The third kappa shape index (κ3) is 42.2. The van der Waals surface area contributed by atoms with Crippen molar-refractivity contribution in [2.24, 2.45) is 0 Å². The molecule has 3 unspecified atom stereocenters. The van der Waals surface area contributed by atoms with Crippen LogP contribution in [0.5, 0.6) is 0 Å². The van der Waals surface area contributed by atoms with Crippen LogP contribution in [-0.4, -0.2) is 154 Å². The molecule has 1 heterocycles. The average Bonchev–Trinajstić information content (AvgIpc) is 3.36. The highest BCUT2D eigenvalue weighted by atomic mass is 32.2. The van der Waals surface area contributed by atoms with Gasteiger partial charge in [0.15, 0.2) is 0 Å². The summed E-state index contributed by atoms with van der Waals surface area (Å²) in [6.45, 7) is 9.94. The molecule has 0 aromatic carbocycles. The molecular formula is C56H107NO12S. The van der Waals surface area contributed by atoms with E-state index in [2.05, 4.69) is 43.5 Å². The molecule has 1 saturated heterocycles. The minimum Gasteiger partial charge on any atom is -0.394 e. The van der Waals surface area contributed by atoms with Crippen LogP contribution in [0.2, 0.25) is 0 Å². The highest BCUT2D eigenvalue weighted by Gasteiger charge is 2.43. The van der Waals surface area contributed by atoms with Gasteiger partial charge in [0.25, 0.3) is 0 Å². The number of amides is 1. The fraction of sp³-hybridized carbons (Fsp3) is 0.911. The molecule has 0 aromatic heterocycles. The van der Waals surface area contributed by atoms with Crippen LogP contribution in [0, 0.1) is 0 Å². The summed E-state index contributed by atoms with van der Waals surface area (Å²) in [5.74, 6) is 0.149. The summed E-state index contributed by atoms with van der Waals surface area (Å²) in [4.78, 5) is 12.2. The molecule has 5 N–H and O–H groups in total. The highest BCUT2D eigenvalue weighted by Crippen LogP contribution is 2.29. The van der Waals surface area contributed by atoms with Crippen molar-refractivity contribution in [2.75, 3.05) is 91.6 Å². The minimum atomic E-state index is -1.43. The molecule has 6 atom stereocenters. The molecule has 0 radical (unpaired) electrons. The first-order valence-corrected chi connectivity index (χ1v) is 29.5. The lowest BCUT2D eigenvalue weighted by Crippen LogP contribution is -2.57. The number of allylic oxidation sites excluding steroid dienone is 4. The van der Waals surface area contributed by atoms with E-state index < -0.39 is 36.5 Å². The van der Waals surface area contributed by atoms with Crippen LogP contribution < -0.4 is 5.32 Å². The number of aliphatic hydroxyl groups excluding tert-OH is 4. The van der Waals surface area contributed by atoms with Gasteiger partial charge in [0.05, 0.1) is 66.1 Å². The summed E-state index contributed by atoms with van der Waals surface area (Å²) in [5, 5.41) is 42.0. The van der Waals surface area contributed by atoms with Gasteiger partial charge in [-0.3, -0.25) is 4.79 Å². The fourth-order valence-electron chi connectivity index (χ4n) is 8.11. The maximum atomic E-state index is 12.2. The maximum absolute atomic E-state index is 12.2. The van der Waals surface area contributed by atoms with Gasteiger partial charge in [-0.1, -0.05) is 154 Å². The van der Waals surface area contributed by atoms with Crippen LogP contribution in [0.3, 0.4) is 0 Å². The number of unbranched alkanes of at least 4 members (excludes halogenated alkanes) is 24. The molecule has 1 rings (SSSR count). The Kier molecular flexibility index (Phi) is 50.4. The summed E-state index contributed by atoms with van der Waals surface area (Å²) < 4.78 is 40.6. The van der Waals surface area contributed by atoms with Gasteiger partial charge in [-0.15, -0.1) is 11.8 Å². The monoisotopic (exact) mass is 1020 g/mol. The molecule has 0 aliphatic carbocycles. The SMILES string of the molecule is CCCCCCCC/C=C\CCCCCCCCOCC(COCCOCCOCCOCCNC(=O)CCS[C@H]1OC(CO)[C@@H](O)[C@@H](O)C1O)OCCCCCCCC/C=C\CCCCCCCC. The normalized spacial score (nSPS) is 19.0. The molecule has 0 bridgehead atoms. The van der Waals surface area contributed by atoms with Gasteiger partial charge in [0, 0.05) is 31.9 Å². The molecular weight excluding hydrogens is 911 g/mol. The van der Waals surface area contributed by atoms with E-state index in [1.54, 1.807) is 0 Å². The van der Waals surface area contributed by atoms with Gasteiger partial charge >= 0.3 is 0 Å². The van der Waals surface area contributed by atoms with Crippen LogP contribution >= 0.6 is 11.8 Å². The molecule has 0 aromatic rings. The second kappa shape index (κ2) is 52.7. The third-order valence-electron chi connectivity index (χ3n) is 12.6. The van der Waals surface area contributed by atoms with E-state index in [0.29, 0.717) is 71.8 Å². The number of nitrogens with one attached hydrogen (secondary N) is 1. The van der Waals surface area contributed by atoms with Gasteiger partial charge < -0.3 is 58.9 Å². The van der Waals surface area contributed by atoms with E-state index in [0.717, 1.165) is 37.8 Å². The molecule has 1 aliphatic heterocycles. The molecule has 0 spiro atoms. The number of rotatable bonds is 54. The van der Waals surface area contributed by atoms with E-state index in [4.69, 9.17) is 33.2 Å². The number of aliphatic hydroxyl groups is 4. The lowest BCUT2D eigenvalue weighted by atomic mass is 10.0. The zero-order chi connectivity index (χ0) is 50.6. The zero-order valence-corrected chi connectivity index (χ0v) is 45.5. The van der Waals surface area contributed by atoms with Crippen molar-refractivity contribution in [3.8, 4) is 0 Å². The smallest absolute Gasteiger partial charge is 0.220 e. The third-order valence-corrected chi connectivity index (χ3v) is 13.7. The first kappa shape index (κ1) is 66.9. The van der Waals surface area contributed by atoms with Crippen LogP contribution in [0.4, 0.5) is 0 Å². The number of hydrogen-bond acceptors (Lipinski definition) is 13. The Labute approximate surface area is 431 Å². The second-order valence-electron chi connectivity index (χ2n) is 19.0. The molecule has 1 aliphatic rings. The molecule has 414 valence electrons. The van der Waals surface area contributed by atoms with Gasteiger partial charge in [-0.2, -0.15) is 0 Å². The van der Waals surface area contributed by atoms with Crippen molar-refractivity contribution in [1.29, 1.82) is 0 Å². The van der Waals surface area contributed by atoms with Crippen molar-refractivity contribution in [1.82, 2.24) is 5.32 Å². The number of hydrogen-bond donors (Lipinski definition) is 5. The molecule has 70 heavy (non-hydrogen) atoms. The minimum absolute atomic E-state index is 0.0852. The summed E-state index contributed by atoms with van der Waals surface area (Å²) in [6.07, 6.45) is 40.8. The van der Waals surface area contributed by atoms with Crippen LogP contribution in [-0.2, 0) is 38.0 Å². The first-order chi connectivity index (χ1) is 34.4. The van der Waals surface area contributed by atoms with Crippen LogP contribution in [0.25, 0.3) is 0 Å². The lowest BCUT2D eigenvalue weighted by molar-refractivity contribution is -0.205. The number of ether oxygens (including phenoxy) is 7. The van der Waals surface area contributed by atoms with Crippen LogP contribution in [0.1, 0.15) is 200 Å². The topological polar surface area (TPSA) is 175 Å². The first-order valence-electron chi connectivity index (χ1n) is 28.4. The fourth-order valence-corrected chi connectivity index (χ4v) is 9.22. The van der Waals surface area contributed by atoms with Crippen molar-refractivity contribution in [2.45, 2.75) is 236 Å². The molecule has 1 amide bonds. The molecule has 13 nitrogen and oxygen atoms in total. The summed E-state index contributed by atoms with van der Waals surface area (Å²) >= 11 is 1.15. The number of thioether (sulfide) groups is 1. The summed E-state index contributed by atoms with van der Waals surface area (Å²) in [6, 6.07) is 0. The van der Waals surface area contributed by atoms with Crippen molar-refractivity contribution >= 4 is 17.7 Å². The van der Waals surface area contributed by atoms with E-state index in [1.165, 1.54) is 167 Å². The molecule has 14 heteroatoms. The van der Waals surface area contributed by atoms with Gasteiger partial charge in [0.2, 0.25) is 5.91 Å². The van der Waals surface area contributed by atoms with Gasteiger partial charge in [-0.05, 0) is 64.2 Å². The molecule has 0 saturated carbocycles. The van der Waals surface area contributed by atoms with E-state index in [-0.39, 0.29) is 18.4 Å². The van der Waals surface area contributed by atoms with Crippen LogP contribution in [0.15, 0.2) is 24.3 Å². The Hall–Kier alpha value is -1.14. The second-order valence-corrected chi connectivity index (χ2v) is 20.2. The molecule has 1 fully saturated rings. The Balaban J connectivity index is 2.14. The van der Waals surface area contributed by atoms with E-state index >= 15 is 0 Å². The number of carbonyl (C=O) groups is 1. The van der Waals surface area contributed by atoms with Gasteiger partial charge in [0.1, 0.15) is 36.0 Å². The van der Waals surface area contributed by atoms with Gasteiger partial charge in [-0.25, -0.2) is 0 Å². The Morgan fingerprint density at radius 2 is 0.929 bits per heavy atom. The standard InChI is InChI=1S/C56H107NO12S/c1-3-5-7-9-11-13-15-17-19-21-23-25-27-29-31-33-37-66-48-50(68-38-34-32-30-28-26-24-22-20-18-16-14-12-10-8-6-4-2)49-67-45-44-65-43-42-64-41-40-63-39-36-57-52(59)35-46-70-56-55(62)54(61)53(60)51(47-58)69-56/h17-20,50-51,53-56,58,60-62H,3-16,21-49H2,1-2H3,(H,57,59)/b19-17-,20-18-/t50?,51?,53-,54-,55?,56-/m1/s1. The highest BCUT2D eigenvalue weighted by molar-refractivity contribution is 7.99.